The quantitative estimate of drug-likeness (QED) is 0.500. The summed E-state index contributed by atoms with van der Waals surface area (Å²) in [4.78, 5) is 33.4. The highest BCUT2D eigenvalue weighted by atomic mass is 32.2. The Morgan fingerprint density at radius 3 is 2.34 bits per heavy atom. The predicted octanol–water partition coefficient (Wildman–Crippen LogP) is 2.39. The average Bonchev–Trinajstić information content (AvgIpc) is 3.20. The molecule has 0 spiro atoms. The maximum atomic E-state index is 13.0. The van der Waals surface area contributed by atoms with Gasteiger partial charge in [-0.1, -0.05) is 18.2 Å². The first-order chi connectivity index (χ1) is 15.3. The lowest BCUT2D eigenvalue weighted by molar-refractivity contribution is 0.0698. The minimum atomic E-state index is -3.25. The van der Waals surface area contributed by atoms with Gasteiger partial charge in [0.15, 0.2) is 0 Å². The molecule has 2 N–H and O–H groups in total. The molecule has 3 heterocycles. The van der Waals surface area contributed by atoms with Gasteiger partial charge in [0, 0.05) is 48.2 Å². The van der Waals surface area contributed by atoms with Gasteiger partial charge < -0.3 is 14.9 Å². The van der Waals surface area contributed by atoms with E-state index >= 15 is 0 Å². The maximum Gasteiger partial charge on any atom is 0.257 e. The fourth-order valence-corrected chi connectivity index (χ4v) is 4.99. The van der Waals surface area contributed by atoms with Crippen LogP contribution >= 0.6 is 0 Å². The smallest absolute Gasteiger partial charge is 0.257 e. The summed E-state index contributed by atoms with van der Waals surface area (Å²) in [6, 6.07) is 16.7. The molecule has 0 bridgehead atoms. The summed E-state index contributed by atoms with van der Waals surface area (Å²) in [5, 5.41) is 1.76. The van der Waals surface area contributed by atoms with Gasteiger partial charge in [0.1, 0.15) is 0 Å². The molecule has 0 aliphatic carbocycles. The van der Waals surface area contributed by atoms with E-state index in [1.54, 1.807) is 17.0 Å². The highest BCUT2D eigenvalue weighted by molar-refractivity contribution is 7.88. The van der Waals surface area contributed by atoms with Crippen LogP contribution in [-0.4, -0.2) is 65.9 Å². The number of carbonyl (C=O) groups is 1. The number of aromatic nitrogens is 2. The van der Waals surface area contributed by atoms with E-state index in [4.69, 9.17) is 0 Å². The topological polar surface area (TPSA) is 106 Å². The second-order valence-electron chi connectivity index (χ2n) is 8.04. The fourth-order valence-electron chi connectivity index (χ4n) is 4.16. The zero-order valence-corrected chi connectivity index (χ0v) is 18.3. The number of fused-ring (bicyclic) bond motifs is 2. The van der Waals surface area contributed by atoms with E-state index in [1.165, 1.54) is 10.6 Å². The van der Waals surface area contributed by atoms with Crippen molar-refractivity contribution in [2.75, 3.05) is 32.4 Å². The summed E-state index contributed by atoms with van der Waals surface area (Å²) in [6.45, 7) is 1.31. The highest BCUT2D eigenvalue weighted by Crippen LogP contribution is 2.25. The summed E-state index contributed by atoms with van der Waals surface area (Å²) in [6.07, 6.45) is 1.18. The van der Waals surface area contributed by atoms with Crippen LogP contribution in [0.4, 0.5) is 0 Å². The molecule has 0 saturated carbocycles. The van der Waals surface area contributed by atoms with Crippen LogP contribution in [0.1, 0.15) is 10.4 Å². The predicted molar refractivity (Wildman–Crippen MR) is 124 cm³/mol. The van der Waals surface area contributed by atoms with E-state index in [0.717, 1.165) is 21.8 Å². The van der Waals surface area contributed by atoms with Crippen LogP contribution in [0.15, 0.2) is 59.4 Å². The zero-order chi connectivity index (χ0) is 22.5. The largest absolute Gasteiger partial charge is 0.354 e. The van der Waals surface area contributed by atoms with Crippen LogP contribution in [-0.2, 0) is 10.0 Å². The van der Waals surface area contributed by atoms with Gasteiger partial charge >= 0.3 is 0 Å². The van der Waals surface area contributed by atoms with Crippen LogP contribution in [0, 0.1) is 0 Å². The fraction of sp³-hybridized carbons (Fsp3) is 0.217. The second kappa shape index (κ2) is 7.61. The number of sulfonamides is 1. The van der Waals surface area contributed by atoms with Crippen molar-refractivity contribution in [3.8, 4) is 11.3 Å². The van der Waals surface area contributed by atoms with E-state index in [2.05, 4.69) is 9.97 Å². The maximum absolute atomic E-state index is 13.0. The lowest BCUT2D eigenvalue weighted by Crippen LogP contribution is -2.50. The van der Waals surface area contributed by atoms with Gasteiger partial charge in [0.05, 0.1) is 17.5 Å². The third kappa shape index (κ3) is 3.69. The Kier molecular flexibility index (Phi) is 4.87. The first-order valence-corrected chi connectivity index (χ1v) is 12.1. The van der Waals surface area contributed by atoms with Gasteiger partial charge in [-0.3, -0.25) is 9.59 Å². The number of hydrogen-bond donors (Lipinski definition) is 2. The van der Waals surface area contributed by atoms with Gasteiger partial charge in [0.2, 0.25) is 10.0 Å². The Balaban J connectivity index is 1.43. The summed E-state index contributed by atoms with van der Waals surface area (Å²) in [5.74, 6) is -0.133. The zero-order valence-electron chi connectivity index (χ0n) is 17.5. The Bertz CT molecular complexity index is 1510. The first-order valence-electron chi connectivity index (χ1n) is 10.3. The number of hydrogen-bond acceptors (Lipinski definition) is 4. The molecule has 2 aromatic heterocycles. The Morgan fingerprint density at radius 1 is 0.875 bits per heavy atom. The van der Waals surface area contributed by atoms with Crippen LogP contribution < -0.4 is 5.56 Å². The minimum Gasteiger partial charge on any atom is -0.354 e. The van der Waals surface area contributed by atoms with Crippen molar-refractivity contribution in [2.24, 2.45) is 0 Å². The average molecular weight is 451 g/mol. The molecule has 1 saturated heterocycles. The van der Waals surface area contributed by atoms with Crippen molar-refractivity contribution >= 4 is 37.7 Å². The third-order valence-corrected chi connectivity index (χ3v) is 7.21. The van der Waals surface area contributed by atoms with Crippen molar-refractivity contribution in [1.29, 1.82) is 0 Å². The van der Waals surface area contributed by atoms with Crippen molar-refractivity contribution in [1.82, 2.24) is 19.2 Å². The third-order valence-electron chi connectivity index (χ3n) is 5.91. The summed E-state index contributed by atoms with van der Waals surface area (Å²) < 4.78 is 24.8. The van der Waals surface area contributed by atoms with E-state index < -0.39 is 10.0 Å². The highest BCUT2D eigenvalue weighted by Gasteiger charge is 2.26. The number of amides is 1. The molecule has 1 aliphatic heterocycles. The van der Waals surface area contributed by atoms with E-state index in [1.807, 2.05) is 42.5 Å². The molecule has 32 heavy (non-hydrogen) atoms. The van der Waals surface area contributed by atoms with Crippen molar-refractivity contribution in [3.05, 3.63) is 70.5 Å². The standard InChI is InChI=1S/C23H22N4O4S/c1-32(30,31)27-10-8-26(9-11-27)23(29)16-6-7-20-17(12-16)14-21(24-20)18-13-15-4-2-3-5-19(15)25-22(18)28/h2-7,12-14,24H,8-11H2,1H3,(H,25,28). The number of para-hydroxylation sites is 1. The Morgan fingerprint density at radius 2 is 1.59 bits per heavy atom. The van der Waals surface area contributed by atoms with Crippen LogP contribution in [0.2, 0.25) is 0 Å². The molecule has 1 fully saturated rings. The van der Waals surface area contributed by atoms with Gasteiger partial charge in [-0.25, -0.2) is 8.42 Å². The van der Waals surface area contributed by atoms with E-state index in [0.29, 0.717) is 43.0 Å². The monoisotopic (exact) mass is 450 g/mol. The molecular formula is C23H22N4O4S. The minimum absolute atomic E-state index is 0.133. The number of rotatable bonds is 3. The van der Waals surface area contributed by atoms with Gasteiger partial charge in [0.25, 0.3) is 11.5 Å². The van der Waals surface area contributed by atoms with Gasteiger partial charge in [-0.05, 0) is 41.8 Å². The number of pyridine rings is 1. The lowest BCUT2D eigenvalue weighted by Gasteiger charge is -2.33. The van der Waals surface area contributed by atoms with Crippen LogP contribution in [0.25, 0.3) is 33.1 Å². The SMILES string of the molecule is CS(=O)(=O)N1CCN(C(=O)c2ccc3[nH]c(-c4cc5ccccc5[nH]c4=O)cc3c2)CC1. The molecule has 0 atom stereocenters. The first kappa shape index (κ1) is 20.5. The molecule has 0 unspecified atom stereocenters. The molecule has 8 nitrogen and oxygen atoms in total. The number of nitrogens with one attached hydrogen (secondary N) is 2. The molecule has 0 radical (unpaired) electrons. The summed E-state index contributed by atoms with van der Waals surface area (Å²) in [7, 11) is -3.25. The van der Waals surface area contributed by atoms with Gasteiger partial charge in [-0.2, -0.15) is 4.31 Å². The molecular weight excluding hydrogens is 428 g/mol. The molecule has 1 amide bonds. The molecule has 2 aromatic carbocycles. The Hall–Kier alpha value is -3.43. The van der Waals surface area contributed by atoms with Crippen LogP contribution in [0.5, 0.6) is 0 Å². The summed E-state index contributed by atoms with van der Waals surface area (Å²) in [5.41, 5.74) is 3.16. The number of H-pyrrole nitrogens is 2. The Labute approximate surface area is 184 Å². The summed E-state index contributed by atoms with van der Waals surface area (Å²) >= 11 is 0. The molecule has 4 aromatic rings. The van der Waals surface area contributed by atoms with Gasteiger partial charge in [-0.15, -0.1) is 0 Å². The van der Waals surface area contributed by atoms with E-state index in [-0.39, 0.29) is 11.5 Å². The normalized spacial score (nSPS) is 15.5. The molecule has 164 valence electrons. The lowest BCUT2D eigenvalue weighted by atomic mass is 10.1. The second-order valence-corrected chi connectivity index (χ2v) is 10.0. The molecule has 5 rings (SSSR count). The number of aromatic amines is 2. The number of nitrogens with zero attached hydrogens (tertiary/aromatic N) is 2. The van der Waals surface area contributed by atoms with Crippen LogP contribution in [0.3, 0.4) is 0 Å². The number of carbonyl (C=O) groups excluding carboxylic acids is 1. The number of piperazine rings is 1. The molecule has 9 heteroatoms. The van der Waals surface area contributed by atoms with Crippen molar-refractivity contribution < 1.29 is 13.2 Å². The van der Waals surface area contributed by atoms with E-state index in [9.17, 15) is 18.0 Å². The molecule has 1 aliphatic rings. The number of benzene rings is 2. The van der Waals surface area contributed by atoms with Crippen molar-refractivity contribution in [2.45, 2.75) is 0 Å². The van der Waals surface area contributed by atoms with Crippen molar-refractivity contribution in [3.63, 3.8) is 0 Å².